The fourth-order valence-electron chi connectivity index (χ4n) is 2.44. The molecule has 7 heteroatoms. The van der Waals surface area contributed by atoms with E-state index in [1.165, 1.54) is 12.3 Å². The van der Waals surface area contributed by atoms with Gasteiger partial charge in [0, 0.05) is 36.6 Å². The van der Waals surface area contributed by atoms with Crippen LogP contribution in [0, 0.1) is 6.92 Å². The molecule has 0 spiro atoms. The van der Waals surface area contributed by atoms with Gasteiger partial charge in [-0.2, -0.15) is 5.10 Å². The van der Waals surface area contributed by atoms with Crippen molar-refractivity contribution in [3.63, 3.8) is 0 Å². The zero-order valence-corrected chi connectivity index (χ0v) is 14.2. The van der Waals surface area contributed by atoms with Crippen LogP contribution in [0.25, 0.3) is 11.3 Å². The zero-order valence-electron chi connectivity index (χ0n) is 14.2. The number of hydrogen-bond acceptors (Lipinski definition) is 4. The number of rotatable bonds is 4. The van der Waals surface area contributed by atoms with E-state index in [-0.39, 0.29) is 11.0 Å². The summed E-state index contributed by atoms with van der Waals surface area (Å²) < 4.78 is 6.77. The highest BCUT2D eigenvalue weighted by molar-refractivity contribution is 6.03. The lowest BCUT2D eigenvalue weighted by molar-refractivity contribution is 0.102. The molecular formula is C18H18N4O3. The first-order valence-electron chi connectivity index (χ1n) is 7.67. The van der Waals surface area contributed by atoms with Gasteiger partial charge < -0.3 is 15.0 Å². The molecule has 1 amide bonds. The number of anilines is 1. The van der Waals surface area contributed by atoms with Gasteiger partial charge in [0.15, 0.2) is 5.43 Å². The quantitative estimate of drug-likeness (QED) is 0.764. The maximum atomic E-state index is 12.4. The maximum Gasteiger partial charge on any atom is 0.262 e. The summed E-state index contributed by atoms with van der Waals surface area (Å²) in [7, 11) is 3.32. The minimum absolute atomic E-state index is 0.0507. The first-order chi connectivity index (χ1) is 12.0. The highest BCUT2D eigenvalue weighted by atomic mass is 16.5. The number of aryl methyl sites for hydroxylation is 2. The van der Waals surface area contributed by atoms with Crippen LogP contribution in [0.4, 0.5) is 5.82 Å². The number of aromatic nitrogens is 3. The molecule has 1 aromatic carbocycles. The first kappa shape index (κ1) is 16.5. The molecule has 0 unspecified atom stereocenters. The Morgan fingerprint density at radius 3 is 2.80 bits per heavy atom. The van der Waals surface area contributed by atoms with Crippen molar-refractivity contribution in [2.24, 2.45) is 7.05 Å². The molecule has 25 heavy (non-hydrogen) atoms. The zero-order chi connectivity index (χ0) is 18.0. The lowest BCUT2D eigenvalue weighted by Gasteiger charge is -2.04. The van der Waals surface area contributed by atoms with Crippen LogP contribution in [0.5, 0.6) is 5.75 Å². The average Bonchev–Trinajstić information content (AvgIpc) is 2.95. The van der Waals surface area contributed by atoms with Gasteiger partial charge in [-0.1, -0.05) is 12.1 Å². The van der Waals surface area contributed by atoms with E-state index >= 15 is 0 Å². The van der Waals surface area contributed by atoms with Gasteiger partial charge in [0.1, 0.15) is 17.1 Å². The number of pyridine rings is 1. The number of H-pyrrole nitrogens is 1. The molecule has 128 valence electrons. The van der Waals surface area contributed by atoms with E-state index in [0.717, 1.165) is 11.3 Å². The highest BCUT2D eigenvalue weighted by Crippen LogP contribution is 2.25. The number of nitrogens with zero attached hydrogens (tertiary/aromatic N) is 2. The summed E-state index contributed by atoms with van der Waals surface area (Å²) in [6, 6.07) is 10.6. The second-order valence-electron chi connectivity index (χ2n) is 5.62. The third-order valence-electron chi connectivity index (χ3n) is 3.79. The molecule has 3 rings (SSSR count). The number of hydrogen-bond donors (Lipinski definition) is 2. The summed E-state index contributed by atoms with van der Waals surface area (Å²) in [5.74, 6) is 0.726. The Kier molecular flexibility index (Phi) is 4.38. The van der Waals surface area contributed by atoms with Crippen LogP contribution in [-0.2, 0) is 7.05 Å². The molecule has 7 nitrogen and oxygen atoms in total. The molecule has 2 heterocycles. The van der Waals surface area contributed by atoms with E-state index < -0.39 is 5.91 Å². The van der Waals surface area contributed by atoms with E-state index in [1.807, 2.05) is 24.3 Å². The Morgan fingerprint density at radius 1 is 1.28 bits per heavy atom. The van der Waals surface area contributed by atoms with Crippen LogP contribution in [0.3, 0.4) is 0 Å². The summed E-state index contributed by atoms with van der Waals surface area (Å²) in [5.41, 5.74) is 1.97. The molecule has 0 saturated heterocycles. The van der Waals surface area contributed by atoms with Crippen molar-refractivity contribution in [1.29, 1.82) is 0 Å². The second kappa shape index (κ2) is 6.64. The molecule has 0 aliphatic carbocycles. The normalized spacial score (nSPS) is 10.5. The molecule has 0 atom stereocenters. The lowest BCUT2D eigenvalue weighted by atomic mass is 10.1. The van der Waals surface area contributed by atoms with Crippen molar-refractivity contribution < 1.29 is 9.53 Å². The number of aromatic amines is 1. The summed E-state index contributed by atoms with van der Waals surface area (Å²) >= 11 is 0. The monoisotopic (exact) mass is 338 g/mol. The van der Waals surface area contributed by atoms with Gasteiger partial charge in [0.25, 0.3) is 5.91 Å². The van der Waals surface area contributed by atoms with E-state index in [4.69, 9.17) is 4.74 Å². The maximum absolute atomic E-state index is 12.4. The largest absolute Gasteiger partial charge is 0.497 e. The SMILES string of the molecule is COc1cccc(-c2cc(NC(=O)c3c[nH]c(C)cc3=O)n(C)n2)c1. The molecule has 0 aliphatic heterocycles. The Hall–Kier alpha value is -3.35. The number of carbonyl (C=O) groups excluding carboxylic acids is 1. The molecule has 2 N–H and O–H groups in total. The number of carbonyl (C=O) groups is 1. The number of methoxy groups -OCH3 is 1. The van der Waals surface area contributed by atoms with Gasteiger partial charge in [-0.25, -0.2) is 0 Å². The van der Waals surface area contributed by atoms with Crippen LogP contribution in [-0.4, -0.2) is 27.8 Å². The van der Waals surface area contributed by atoms with Crippen molar-refractivity contribution in [2.75, 3.05) is 12.4 Å². The lowest BCUT2D eigenvalue weighted by Crippen LogP contribution is -2.22. The fraction of sp³-hybridized carbons (Fsp3) is 0.167. The van der Waals surface area contributed by atoms with Gasteiger partial charge in [-0.05, 0) is 19.1 Å². The van der Waals surface area contributed by atoms with Crippen LogP contribution in [0.2, 0.25) is 0 Å². The molecule has 0 aliphatic rings. The third-order valence-corrected chi connectivity index (χ3v) is 3.79. The second-order valence-corrected chi connectivity index (χ2v) is 5.62. The molecule has 0 fully saturated rings. The minimum Gasteiger partial charge on any atom is -0.497 e. The molecule has 2 aromatic heterocycles. The third kappa shape index (κ3) is 3.45. The van der Waals surface area contributed by atoms with Crippen LogP contribution in [0.15, 0.2) is 47.4 Å². The Morgan fingerprint density at radius 2 is 2.08 bits per heavy atom. The Labute approximate surface area is 144 Å². The fourth-order valence-corrected chi connectivity index (χ4v) is 2.44. The van der Waals surface area contributed by atoms with Gasteiger partial charge in [0.05, 0.1) is 12.8 Å². The van der Waals surface area contributed by atoms with Gasteiger partial charge in [-0.3, -0.25) is 14.3 Å². The van der Waals surface area contributed by atoms with Crippen LogP contribution in [0.1, 0.15) is 16.1 Å². The van der Waals surface area contributed by atoms with E-state index in [2.05, 4.69) is 15.4 Å². The van der Waals surface area contributed by atoms with Crippen molar-refractivity contribution >= 4 is 11.7 Å². The predicted molar refractivity (Wildman–Crippen MR) is 94.9 cm³/mol. The number of ether oxygens (including phenoxy) is 1. The molecule has 0 radical (unpaired) electrons. The topological polar surface area (TPSA) is 89.0 Å². The summed E-state index contributed by atoms with van der Waals surface area (Å²) in [6.45, 7) is 1.75. The van der Waals surface area contributed by atoms with Crippen molar-refractivity contribution in [2.45, 2.75) is 6.92 Å². The Balaban J connectivity index is 1.87. The number of nitrogens with one attached hydrogen (secondary N) is 2. The number of benzene rings is 1. The molecular weight excluding hydrogens is 320 g/mol. The standard InChI is InChI=1S/C18H18N4O3/c1-11-7-16(23)14(10-19-11)18(24)20-17-9-15(21-22(17)2)12-5-4-6-13(8-12)25-3/h4-10H,1-3H3,(H,19,23)(H,20,24). The summed E-state index contributed by atoms with van der Waals surface area (Å²) in [5, 5.41) is 7.12. The number of amides is 1. The Bertz CT molecular complexity index is 988. The van der Waals surface area contributed by atoms with E-state index in [1.54, 1.807) is 31.8 Å². The summed E-state index contributed by atoms with van der Waals surface area (Å²) in [4.78, 5) is 27.2. The van der Waals surface area contributed by atoms with E-state index in [0.29, 0.717) is 17.2 Å². The smallest absolute Gasteiger partial charge is 0.262 e. The van der Waals surface area contributed by atoms with Gasteiger partial charge in [-0.15, -0.1) is 0 Å². The highest BCUT2D eigenvalue weighted by Gasteiger charge is 2.14. The van der Waals surface area contributed by atoms with Crippen molar-refractivity contribution in [3.05, 3.63) is 64.1 Å². The average molecular weight is 338 g/mol. The first-order valence-corrected chi connectivity index (χ1v) is 7.67. The minimum atomic E-state index is -0.485. The van der Waals surface area contributed by atoms with Gasteiger partial charge in [0.2, 0.25) is 0 Å². The van der Waals surface area contributed by atoms with Crippen molar-refractivity contribution in [1.82, 2.24) is 14.8 Å². The molecule has 0 saturated carbocycles. The van der Waals surface area contributed by atoms with Crippen LogP contribution >= 0.6 is 0 Å². The summed E-state index contributed by atoms with van der Waals surface area (Å²) in [6.07, 6.45) is 1.41. The van der Waals surface area contributed by atoms with Crippen LogP contribution < -0.4 is 15.5 Å². The predicted octanol–water partition coefficient (Wildman–Crippen LogP) is 2.34. The van der Waals surface area contributed by atoms with E-state index in [9.17, 15) is 9.59 Å². The van der Waals surface area contributed by atoms with Gasteiger partial charge >= 0.3 is 0 Å². The molecule has 0 bridgehead atoms. The van der Waals surface area contributed by atoms with Crippen molar-refractivity contribution in [3.8, 4) is 17.0 Å². The molecule has 3 aromatic rings.